The number of carbonyl (C=O) groups is 2. The molecule has 2 aromatic rings. The third-order valence-electron chi connectivity index (χ3n) is 3.53. The van der Waals surface area contributed by atoms with E-state index in [4.69, 9.17) is 31.5 Å². The quantitative estimate of drug-likeness (QED) is 0.640. The average molecular weight is 363 g/mol. The lowest BCUT2D eigenvalue weighted by Crippen LogP contribution is -2.30. The predicted octanol–water partition coefficient (Wildman–Crippen LogP) is 2.83. The Balaban J connectivity index is 1.63. The molecule has 0 fully saturated rings. The van der Waals surface area contributed by atoms with Crippen molar-refractivity contribution in [3.05, 3.63) is 47.0 Å². The first-order valence-electron chi connectivity index (χ1n) is 7.40. The lowest BCUT2D eigenvalue weighted by atomic mass is 10.2. The van der Waals surface area contributed by atoms with Gasteiger partial charge in [0.05, 0.1) is 5.56 Å². The largest absolute Gasteiger partial charge is 0.454 e. The summed E-state index contributed by atoms with van der Waals surface area (Å²) >= 11 is 5.79. The highest BCUT2D eigenvalue weighted by Crippen LogP contribution is 2.34. The van der Waals surface area contributed by atoms with Gasteiger partial charge in [-0.1, -0.05) is 11.6 Å². The Bertz CT molecular complexity index is 840. The molecule has 0 bridgehead atoms. The second-order valence-electron chi connectivity index (χ2n) is 5.34. The Hall–Kier alpha value is -2.93. The zero-order chi connectivity index (χ0) is 18.0. The molecular weight excluding hydrogens is 348 g/mol. The molecule has 0 aliphatic carbocycles. The molecule has 0 radical (unpaired) electrons. The van der Waals surface area contributed by atoms with Gasteiger partial charge in [-0.2, -0.15) is 0 Å². The number of nitrogen functional groups attached to an aromatic ring is 1. The zero-order valence-corrected chi connectivity index (χ0v) is 14.0. The Morgan fingerprint density at radius 1 is 1.20 bits per heavy atom. The molecule has 0 aromatic heterocycles. The smallest absolute Gasteiger partial charge is 0.341 e. The molecule has 7 nitrogen and oxygen atoms in total. The van der Waals surface area contributed by atoms with E-state index in [1.54, 1.807) is 18.2 Å². The summed E-state index contributed by atoms with van der Waals surface area (Å²) in [5.74, 6) is -0.0469. The van der Waals surface area contributed by atoms with Gasteiger partial charge >= 0.3 is 5.97 Å². The van der Waals surface area contributed by atoms with Crippen molar-refractivity contribution >= 4 is 34.9 Å². The lowest BCUT2D eigenvalue weighted by molar-refractivity contribution is -0.123. The van der Waals surface area contributed by atoms with Crippen molar-refractivity contribution in [2.75, 3.05) is 17.8 Å². The van der Waals surface area contributed by atoms with Crippen molar-refractivity contribution in [1.29, 1.82) is 0 Å². The number of anilines is 2. The molecule has 3 rings (SSSR count). The summed E-state index contributed by atoms with van der Waals surface area (Å²) in [6.45, 7) is 1.61. The number of rotatable bonds is 4. The maximum absolute atomic E-state index is 12.2. The minimum Gasteiger partial charge on any atom is -0.454 e. The number of nitrogens with two attached hydrogens (primary N) is 1. The molecule has 1 atom stereocenters. The molecule has 0 saturated heterocycles. The molecule has 8 heteroatoms. The molecule has 2 aromatic carbocycles. The first kappa shape index (κ1) is 16.9. The standard InChI is InChI=1S/C17H15ClN2O5/c1-9(25-17(22)12-4-2-10(18)6-13(12)19)16(21)20-11-3-5-14-15(7-11)24-8-23-14/h2-7,9H,8,19H2,1H3,(H,20,21)/t9-/m0/s1. The fraction of sp³-hybridized carbons (Fsp3) is 0.176. The summed E-state index contributed by atoms with van der Waals surface area (Å²) in [7, 11) is 0. The molecule has 0 spiro atoms. The van der Waals surface area contributed by atoms with Crippen LogP contribution in [0.3, 0.4) is 0 Å². The van der Waals surface area contributed by atoms with Crippen molar-refractivity contribution in [3.8, 4) is 11.5 Å². The van der Waals surface area contributed by atoms with E-state index in [1.165, 1.54) is 25.1 Å². The number of amides is 1. The predicted molar refractivity (Wildman–Crippen MR) is 91.9 cm³/mol. The van der Waals surface area contributed by atoms with E-state index in [2.05, 4.69) is 5.32 Å². The first-order chi connectivity index (χ1) is 11.9. The number of nitrogens with one attached hydrogen (secondary N) is 1. The van der Waals surface area contributed by atoms with Gasteiger partial charge in [-0.05, 0) is 37.3 Å². The number of fused-ring (bicyclic) bond motifs is 1. The van der Waals surface area contributed by atoms with Gasteiger partial charge in [-0.15, -0.1) is 0 Å². The maximum Gasteiger partial charge on any atom is 0.341 e. The van der Waals surface area contributed by atoms with Crippen LogP contribution in [0.1, 0.15) is 17.3 Å². The van der Waals surface area contributed by atoms with Crippen molar-refractivity contribution in [3.63, 3.8) is 0 Å². The zero-order valence-electron chi connectivity index (χ0n) is 13.2. The van der Waals surface area contributed by atoms with Crippen LogP contribution in [0, 0.1) is 0 Å². The molecule has 0 unspecified atom stereocenters. The monoisotopic (exact) mass is 362 g/mol. The van der Waals surface area contributed by atoms with Gasteiger partial charge in [-0.25, -0.2) is 4.79 Å². The number of hydrogen-bond donors (Lipinski definition) is 2. The average Bonchev–Trinajstić information content (AvgIpc) is 3.02. The number of esters is 1. The van der Waals surface area contributed by atoms with E-state index in [0.717, 1.165) is 0 Å². The van der Waals surface area contributed by atoms with Crippen molar-refractivity contribution in [1.82, 2.24) is 0 Å². The van der Waals surface area contributed by atoms with E-state index in [-0.39, 0.29) is 18.0 Å². The minimum atomic E-state index is -1.02. The van der Waals surface area contributed by atoms with Crippen LogP contribution in [0.15, 0.2) is 36.4 Å². The summed E-state index contributed by atoms with van der Waals surface area (Å²) in [6.07, 6.45) is -1.02. The molecule has 1 aliphatic rings. The van der Waals surface area contributed by atoms with Crippen LogP contribution in [0.5, 0.6) is 11.5 Å². The van der Waals surface area contributed by atoms with Gasteiger partial charge in [0.15, 0.2) is 17.6 Å². The highest BCUT2D eigenvalue weighted by molar-refractivity contribution is 6.31. The number of hydrogen-bond acceptors (Lipinski definition) is 6. The molecular formula is C17H15ClN2O5. The minimum absolute atomic E-state index is 0.142. The van der Waals surface area contributed by atoms with Crippen LogP contribution in [-0.2, 0) is 9.53 Å². The van der Waals surface area contributed by atoms with Crippen molar-refractivity contribution in [2.45, 2.75) is 13.0 Å². The summed E-state index contributed by atoms with van der Waals surface area (Å²) in [4.78, 5) is 24.3. The molecule has 1 aliphatic heterocycles. The maximum atomic E-state index is 12.2. The van der Waals surface area contributed by atoms with Gasteiger partial charge in [0, 0.05) is 22.5 Å². The first-order valence-corrected chi connectivity index (χ1v) is 7.78. The molecule has 3 N–H and O–H groups in total. The van der Waals surface area contributed by atoms with E-state index in [0.29, 0.717) is 22.2 Å². The molecule has 1 heterocycles. The van der Waals surface area contributed by atoms with Crippen LogP contribution in [0.4, 0.5) is 11.4 Å². The van der Waals surface area contributed by atoms with Gasteiger partial charge in [0.25, 0.3) is 5.91 Å². The molecule has 1 amide bonds. The Morgan fingerprint density at radius 3 is 2.72 bits per heavy atom. The van der Waals surface area contributed by atoms with Crippen molar-refractivity contribution in [2.24, 2.45) is 0 Å². The third kappa shape index (κ3) is 3.77. The molecule has 25 heavy (non-hydrogen) atoms. The van der Waals surface area contributed by atoms with Gasteiger partial charge < -0.3 is 25.3 Å². The number of carbonyl (C=O) groups excluding carboxylic acids is 2. The topological polar surface area (TPSA) is 99.9 Å². The molecule has 0 saturated carbocycles. The Kier molecular flexibility index (Phi) is 4.67. The number of ether oxygens (including phenoxy) is 3. The van der Waals surface area contributed by atoms with Crippen LogP contribution >= 0.6 is 11.6 Å². The van der Waals surface area contributed by atoms with E-state index < -0.39 is 18.0 Å². The highest BCUT2D eigenvalue weighted by atomic mass is 35.5. The Labute approximate surface area is 148 Å². The van der Waals surface area contributed by atoms with Crippen LogP contribution in [-0.4, -0.2) is 24.8 Å². The second kappa shape index (κ2) is 6.90. The van der Waals surface area contributed by atoms with Crippen LogP contribution in [0.2, 0.25) is 5.02 Å². The van der Waals surface area contributed by atoms with Gasteiger partial charge in [0.2, 0.25) is 6.79 Å². The van der Waals surface area contributed by atoms with Crippen molar-refractivity contribution < 1.29 is 23.8 Å². The number of halogens is 1. The fourth-order valence-electron chi connectivity index (χ4n) is 2.22. The van der Waals surface area contributed by atoms with Gasteiger partial charge in [-0.3, -0.25) is 4.79 Å². The van der Waals surface area contributed by atoms with Crippen LogP contribution in [0.25, 0.3) is 0 Å². The lowest BCUT2D eigenvalue weighted by Gasteiger charge is -2.14. The normalized spacial score (nSPS) is 13.2. The SMILES string of the molecule is C[C@H](OC(=O)c1ccc(Cl)cc1N)C(=O)Nc1ccc2c(c1)OCO2. The third-order valence-corrected chi connectivity index (χ3v) is 3.76. The van der Waals surface area contributed by atoms with E-state index in [1.807, 2.05) is 0 Å². The summed E-state index contributed by atoms with van der Waals surface area (Å²) < 4.78 is 15.6. The number of benzene rings is 2. The summed E-state index contributed by atoms with van der Waals surface area (Å²) in [5, 5.41) is 3.05. The summed E-state index contributed by atoms with van der Waals surface area (Å²) in [5.41, 5.74) is 6.57. The van der Waals surface area contributed by atoms with E-state index in [9.17, 15) is 9.59 Å². The van der Waals surface area contributed by atoms with Crippen LogP contribution < -0.4 is 20.5 Å². The second-order valence-corrected chi connectivity index (χ2v) is 5.77. The fourth-order valence-corrected chi connectivity index (χ4v) is 2.40. The Morgan fingerprint density at radius 2 is 1.96 bits per heavy atom. The van der Waals surface area contributed by atoms with Gasteiger partial charge in [0.1, 0.15) is 0 Å². The molecule has 130 valence electrons. The highest BCUT2D eigenvalue weighted by Gasteiger charge is 2.21. The van der Waals surface area contributed by atoms with E-state index >= 15 is 0 Å². The summed E-state index contributed by atoms with van der Waals surface area (Å²) in [6, 6.07) is 9.38.